The van der Waals surface area contributed by atoms with Crippen LogP contribution in [-0.4, -0.2) is 33.8 Å². The maximum atomic E-state index is 12.5. The highest BCUT2D eigenvalue weighted by Gasteiger charge is 2.31. The molecule has 2 amide bonds. The summed E-state index contributed by atoms with van der Waals surface area (Å²) in [5.74, 6) is 0.349. The molecule has 0 saturated heterocycles. The monoisotopic (exact) mass is 398 g/mol. The lowest BCUT2D eigenvalue weighted by atomic mass is 10.1. The molecule has 0 aliphatic carbocycles. The second kappa shape index (κ2) is 7.52. The van der Waals surface area contributed by atoms with Gasteiger partial charge in [-0.25, -0.2) is 4.98 Å². The first-order valence-electron chi connectivity index (χ1n) is 8.98. The summed E-state index contributed by atoms with van der Waals surface area (Å²) in [6.07, 6.45) is 3.21. The van der Waals surface area contributed by atoms with E-state index >= 15 is 0 Å². The molecule has 1 aromatic carbocycles. The number of fused-ring (bicyclic) bond motifs is 2. The normalized spacial score (nSPS) is 16.0. The molecule has 4 rings (SSSR count). The lowest BCUT2D eigenvalue weighted by molar-refractivity contribution is -0.125. The van der Waals surface area contributed by atoms with Crippen LogP contribution in [0.3, 0.4) is 0 Å². The maximum absolute atomic E-state index is 12.5. The van der Waals surface area contributed by atoms with E-state index in [-0.39, 0.29) is 24.8 Å². The molecular weight excluding hydrogens is 380 g/mol. The number of halogens is 1. The molecule has 7 nitrogen and oxygen atoms in total. The number of hydrogen-bond acceptors (Lipinski definition) is 4. The van der Waals surface area contributed by atoms with Crippen LogP contribution in [0.4, 0.5) is 5.69 Å². The van der Waals surface area contributed by atoms with E-state index in [0.29, 0.717) is 23.0 Å². The number of anilines is 1. The van der Waals surface area contributed by atoms with Crippen molar-refractivity contribution in [2.24, 2.45) is 0 Å². The molecule has 1 aliphatic rings. The Balaban J connectivity index is 1.37. The first kappa shape index (κ1) is 18.3. The van der Waals surface area contributed by atoms with Gasteiger partial charge in [0.25, 0.3) is 5.91 Å². The third-order valence-electron chi connectivity index (χ3n) is 4.57. The zero-order valence-electron chi connectivity index (χ0n) is 15.3. The Labute approximate surface area is 166 Å². The number of nitrogens with zero attached hydrogens (tertiary/aromatic N) is 3. The highest BCUT2D eigenvalue weighted by Crippen LogP contribution is 2.33. The van der Waals surface area contributed by atoms with Crippen LogP contribution in [0.2, 0.25) is 5.02 Å². The number of amides is 2. The van der Waals surface area contributed by atoms with Crippen LogP contribution in [-0.2, 0) is 16.1 Å². The molecule has 1 N–H and O–H groups in total. The Hall–Kier alpha value is -3.06. The van der Waals surface area contributed by atoms with Crippen LogP contribution in [0.1, 0.15) is 19.0 Å². The molecule has 0 fully saturated rings. The Morgan fingerprint density at radius 1 is 1.25 bits per heavy atom. The zero-order valence-corrected chi connectivity index (χ0v) is 16.0. The van der Waals surface area contributed by atoms with E-state index in [1.807, 2.05) is 40.9 Å². The van der Waals surface area contributed by atoms with Gasteiger partial charge in [-0.2, -0.15) is 0 Å². The summed E-state index contributed by atoms with van der Waals surface area (Å²) in [7, 11) is 0. The SMILES string of the molecule is CC1Oc2ccccc2N(CCC(=O)NCc2cn3cc(Cl)ccc3n2)C1=O. The average molecular weight is 399 g/mol. The number of carbonyl (C=O) groups excluding carboxylic acids is 2. The van der Waals surface area contributed by atoms with Crippen molar-refractivity contribution in [3.05, 3.63) is 59.5 Å². The van der Waals surface area contributed by atoms with Crippen molar-refractivity contribution in [1.82, 2.24) is 14.7 Å². The van der Waals surface area contributed by atoms with Gasteiger partial charge in [0.1, 0.15) is 11.4 Å². The molecule has 1 unspecified atom stereocenters. The number of imidazole rings is 1. The largest absolute Gasteiger partial charge is 0.479 e. The summed E-state index contributed by atoms with van der Waals surface area (Å²) in [5, 5.41) is 3.46. The molecular formula is C20H19ClN4O3. The number of ether oxygens (including phenoxy) is 1. The van der Waals surface area contributed by atoms with E-state index in [2.05, 4.69) is 10.3 Å². The van der Waals surface area contributed by atoms with E-state index in [1.165, 1.54) is 0 Å². The number of pyridine rings is 1. The van der Waals surface area contributed by atoms with Crippen molar-refractivity contribution < 1.29 is 14.3 Å². The lowest BCUT2D eigenvalue weighted by Crippen LogP contribution is -2.45. The van der Waals surface area contributed by atoms with Crippen LogP contribution in [0.15, 0.2) is 48.8 Å². The van der Waals surface area contributed by atoms with E-state index in [1.54, 1.807) is 24.1 Å². The summed E-state index contributed by atoms with van der Waals surface area (Å²) in [5.41, 5.74) is 2.19. The standard InChI is InChI=1S/C20H19ClN4O3/c1-13-20(27)25(16-4-2-3-5-17(16)28-13)9-8-19(26)22-10-15-12-24-11-14(21)6-7-18(24)23-15/h2-7,11-13H,8-10H2,1H3,(H,22,26). The van der Waals surface area contributed by atoms with Crippen LogP contribution >= 0.6 is 11.6 Å². The Morgan fingerprint density at radius 3 is 2.93 bits per heavy atom. The molecule has 3 aromatic rings. The number of benzene rings is 1. The first-order chi connectivity index (χ1) is 13.5. The topological polar surface area (TPSA) is 75.9 Å². The maximum Gasteiger partial charge on any atom is 0.267 e. The average Bonchev–Trinajstić information content (AvgIpc) is 3.08. The first-order valence-corrected chi connectivity index (χ1v) is 9.36. The van der Waals surface area contributed by atoms with Crippen molar-refractivity contribution in [2.75, 3.05) is 11.4 Å². The van der Waals surface area contributed by atoms with E-state index in [9.17, 15) is 9.59 Å². The smallest absolute Gasteiger partial charge is 0.267 e. The predicted octanol–water partition coefficient (Wildman–Crippen LogP) is 2.81. The molecule has 1 aliphatic heterocycles. The fourth-order valence-corrected chi connectivity index (χ4v) is 3.35. The zero-order chi connectivity index (χ0) is 19.7. The number of hydrogen-bond donors (Lipinski definition) is 1. The van der Waals surface area contributed by atoms with Crippen molar-refractivity contribution in [3.8, 4) is 5.75 Å². The quantitative estimate of drug-likeness (QED) is 0.717. The fourth-order valence-electron chi connectivity index (χ4n) is 3.18. The summed E-state index contributed by atoms with van der Waals surface area (Å²) < 4.78 is 7.43. The minimum Gasteiger partial charge on any atom is -0.479 e. The van der Waals surface area contributed by atoms with Gasteiger partial charge in [-0.1, -0.05) is 23.7 Å². The van der Waals surface area contributed by atoms with Gasteiger partial charge in [-0.05, 0) is 31.2 Å². The van der Waals surface area contributed by atoms with Crippen molar-refractivity contribution >= 4 is 34.7 Å². The van der Waals surface area contributed by atoms with Gasteiger partial charge in [0, 0.05) is 25.4 Å². The molecule has 2 aromatic heterocycles. The number of aromatic nitrogens is 2. The molecule has 3 heterocycles. The van der Waals surface area contributed by atoms with E-state index in [4.69, 9.17) is 16.3 Å². The fraction of sp³-hybridized carbons (Fsp3) is 0.250. The molecule has 8 heteroatoms. The van der Waals surface area contributed by atoms with Crippen LogP contribution in [0.5, 0.6) is 5.75 Å². The Morgan fingerprint density at radius 2 is 2.07 bits per heavy atom. The van der Waals surface area contributed by atoms with Crippen LogP contribution in [0.25, 0.3) is 5.65 Å². The van der Waals surface area contributed by atoms with Crippen molar-refractivity contribution in [2.45, 2.75) is 26.0 Å². The van der Waals surface area contributed by atoms with Gasteiger partial charge in [0.15, 0.2) is 6.10 Å². The number of carbonyl (C=O) groups is 2. The molecule has 0 bridgehead atoms. The van der Waals surface area contributed by atoms with Gasteiger partial charge < -0.3 is 19.4 Å². The van der Waals surface area contributed by atoms with Crippen LogP contribution in [0, 0.1) is 0 Å². The van der Waals surface area contributed by atoms with Crippen LogP contribution < -0.4 is 15.0 Å². The Bertz CT molecular complexity index is 1050. The summed E-state index contributed by atoms with van der Waals surface area (Å²) in [6.45, 7) is 2.30. The second-order valence-electron chi connectivity index (χ2n) is 6.59. The number of para-hydroxylation sites is 2. The highest BCUT2D eigenvalue weighted by molar-refractivity contribution is 6.30. The van der Waals surface area contributed by atoms with E-state index in [0.717, 1.165) is 11.3 Å². The number of nitrogens with one attached hydrogen (secondary N) is 1. The molecule has 144 valence electrons. The Kier molecular flexibility index (Phi) is 4.92. The van der Waals surface area contributed by atoms with Gasteiger partial charge in [0.2, 0.25) is 5.91 Å². The third kappa shape index (κ3) is 3.66. The van der Waals surface area contributed by atoms with Crippen molar-refractivity contribution in [1.29, 1.82) is 0 Å². The molecule has 0 spiro atoms. The summed E-state index contributed by atoms with van der Waals surface area (Å²) in [4.78, 5) is 30.8. The van der Waals surface area contributed by atoms with Gasteiger partial charge in [-0.15, -0.1) is 0 Å². The molecule has 1 atom stereocenters. The van der Waals surface area contributed by atoms with Crippen molar-refractivity contribution in [3.63, 3.8) is 0 Å². The minimum atomic E-state index is -0.567. The molecule has 28 heavy (non-hydrogen) atoms. The summed E-state index contributed by atoms with van der Waals surface area (Å²) >= 11 is 5.97. The predicted molar refractivity (Wildman–Crippen MR) is 106 cm³/mol. The van der Waals surface area contributed by atoms with Gasteiger partial charge in [0.05, 0.1) is 22.9 Å². The number of rotatable bonds is 5. The van der Waals surface area contributed by atoms with Gasteiger partial charge >= 0.3 is 0 Å². The van der Waals surface area contributed by atoms with Gasteiger partial charge in [-0.3, -0.25) is 9.59 Å². The summed E-state index contributed by atoms with van der Waals surface area (Å²) in [6, 6.07) is 10.9. The van der Waals surface area contributed by atoms with E-state index < -0.39 is 6.10 Å². The third-order valence-corrected chi connectivity index (χ3v) is 4.79. The second-order valence-corrected chi connectivity index (χ2v) is 7.03. The molecule has 0 saturated carbocycles. The lowest BCUT2D eigenvalue weighted by Gasteiger charge is -2.32. The minimum absolute atomic E-state index is 0.149. The highest BCUT2D eigenvalue weighted by atomic mass is 35.5. The molecule has 0 radical (unpaired) electrons.